The van der Waals surface area contributed by atoms with Crippen LogP contribution < -0.4 is 5.32 Å². The normalized spacial score (nSPS) is 11.1. The topological polar surface area (TPSA) is 66.4 Å². The van der Waals surface area contributed by atoms with Crippen molar-refractivity contribution < 1.29 is 14.7 Å². The van der Waals surface area contributed by atoms with Gasteiger partial charge in [-0.25, -0.2) is 0 Å². The molecule has 0 atom stereocenters. The first-order valence-electron chi connectivity index (χ1n) is 5.97. The molecule has 0 aliphatic carbocycles. The maximum absolute atomic E-state index is 11.9. The number of hydrogen-bond acceptors (Lipinski definition) is 2. The summed E-state index contributed by atoms with van der Waals surface area (Å²) in [5.41, 5.74) is 1.35. The molecule has 0 saturated carbocycles. The zero-order chi connectivity index (χ0) is 13.8. The van der Waals surface area contributed by atoms with E-state index in [1.54, 1.807) is 13.8 Å². The number of amides is 1. The van der Waals surface area contributed by atoms with Gasteiger partial charge in [-0.2, -0.15) is 0 Å². The van der Waals surface area contributed by atoms with Crippen LogP contribution in [0.25, 0.3) is 0 Å². The van der Waals surface area contributed by atoms with Crippen LogP contribution in [0, 0.1) is 0 Å². The van der Waals surface area contributed by atoms with Crippen LogP contribution in [0.4, 0.5) is 0 Å². The molecular weight excluding hydrogens is 230 g/mol. The first-order valence-corrected chi connectivity index (χ1v) is 5.97. The summed E-state index contributed by atoms with van der Waals surface area (Å²) in [5, 5.41) is 11.0. The van der Waals surface area contributed by atoms with Crippen LogP contribution in [-0.2, 0) is 21.4 Å². The lowest BCUT2D eigenvalue weighted by Crippen LogP contribution is -2.42. The Kier molecular flexibility index (Phi) is 4.48. The summed E-state index contributed by atoms with van der Waals surface area (Å²) < 4.78 is 0. The quantitative estimate of drug-likeness (QED) is 0.835. The highest BCUT2D eigenvalue weighted by Gasteiger charge is 2.29. The molecule has 2 N–H and O–H groups in total. The van der Waals surface area contributed by atoms with E-state index in [0.717, 1.165) is 12.0 Å². The van der Waals surface area contributed by atoms with Gasteiger partial charge in [0, 0.05) is 0 Å². The highest BCUT2D eigenvalue weighted by atomic mass is 16.4. The van der Waals surface area contributed by atoms with Gasteiger partial charge >= 0.3 is 5.97 Å². The Labute approximate surface area is 107 Å². The van der Waals surface area contributed by atoms with Crippen LogP contribution >= 0.6 is 0 Å². The molecule has 0 fully saturated rings. The number of benzene rings is 1. The molecule has 0 aliphatic heterocycles. The number of aryl methyl sites for hydroxylation is 1. The number of carbonyl (C=O) groups excluding carboxylic acids is 1. The largest absolute Gasteiger partial charge is 0.480 e. The summed E-state index contributed by atoms with van der Waals surface area (Å²) in [5.74, 6) is -1.32. The van der Waals surface area contributed by atoms with Crippen molar-refractivity contribution in [1.82, 2.24) is 5.32 Å². The first-order chi connectivity index (χ1) is 8.37. The Morgan fingerprint density at radius 1 is 1.22 bits per heavy atom. The van der Waals surface area contributed by atoms with Crippen molar-refractivity contribution in [3.63, 3.8) is 0 Å². The minimum atomic E-state index is -1.04. The van der Waals surface area contributed by atoms with Crippen LogP contribution in [0.1, 0.15) is 31.9 Å². The molecule has 4 heteroatoms. The van der Waals surface area contributed by atoms with Gasteiger partial charge in [0.25, 0.3) is 0 Å². The van der Waals surface area contributed by atoms with E-state index in [-0.39, 0.29) is 12.5 Å². The maximum atomic E-state index is 11.9. The fourth-order valence-electron chi connectivity index (χ4n) is 1.67. The molecule has 0 heterocycles. The van der Waals surface area contributed by atoms with Gasteiger partial charge in [-0.3, -0.25) is 9.59 Å². The summed E-state index contributed by atoms with van der Waals surface area (Å²) >= 11 is 0. The number of hydrogen-bond donors (Lipinski definition) is 2. The lowest BCUT2D eigenvalue weighted by molar-refractivity contribution is -0.138. The minimum absolute atomic E-state index is 0.283. The van der Waals surface area contributed by atoms with Crippen LogP contribution in [0.2, 0.25) is 0 Å². The van der Waals surface area contributed by atoms with Crippen LogP contribution in [0.3, 0.4) is 0 Å². The number of carboxylic acids is 1. The summed E-state index contributed by atoms with van der Waals surface area (Å²) in [6, 6.07) is 7.81. The molecule has 1 aromatic rings. The second-order valence-electron chi connectivity index (χ2n) is 4.75. The van der Waals surface area contributed by atoms with Crippen molar-refractivity contribution in [2.75, 3.05) is 6.54 Å². The van der Waals surface area contributed by atoms with Crippen molar-refractivity contribution in [3.8, 4) is 0 Å². The molecule has 0 aromatic heterocycles. The molecule has 1 rings (SSSR count). The number of aliphatic carboxylic acids is 1. The SMILES string of the molecule is CCc1ccc(C(C)(C)C(=O)NCC(=O)O)cc1. The van der Waals surface area contributed by atoms with Crippen LogP contribution in [0.5, 0.6) is 0 Å². The molecule has 0 unspecified atom stereocenters. The molecule has 4 nitrogen and oxygen atoms in total. The van der Waals surface area contributed by atoms with Crippen molar-refractivity contribution in [2.45, 2.75) is 32.6 Å². The van der Waals surface area contributed by atoms with Gasteiger partial charge in [-0.1, -0.05) is 31.2 Å². The first kappa shape index (κ1) is 14.2. The number of nitrogens with one attached hydrogen (secondary N) is 1. The fraction of sp³-hybridized carbons (Fsp3) is 0.429. The lowest BCUT2D eigenvalue weighted by atomic mass is 9.83. The van der Waals surface area contributed by atoms with Gasteiger partial charge < -0.3 is 10.4 Å². The molecule has 18 heavy (non-hydrogen) atoms. The van der Waals surface area contributed by atoms with Gasteiger partial charge in [0.2, 0.25) is 5.91 Å². The van der Waals surface area contributed by atoms with E-state index in [0.29, 0.717) is 0 Å². The molecular formula is C14H19NO3. The Hall–Kier alpha value is -1.84. The maximum Gasteiger partial charge on any atom is 0.322 e. The predicted molar refractivity (Wildman–Crippen MR) is 69.5 cm³/mol. The van der Waals surface area contributed by atoms with E-state index in [1.165, 1.54) is 5.56 Å². The van der Waals surface area contributed by atoms with Crippen molar-refractivity contribution in [1.29, 1.82) is 0 Å². The van der Waals surface area contributed by atoms with Gasteiger partial charge in [-0.15, -0.1) is 0 Å². The van der Waals surface area contributed by atoms with E-state index >= 15 is 0 Å². The van der Waals surface area contributed by atoms with Gasteiger partial charge in [0.1, 0.15) is 6.54 Å². The number of carboxylic acid groups (broad SMARTS) is 1. The van der Waals surface area contributed by atoms with E-state index in [1.807, 2.05) is 24.3 Å². The summed E-state index contributed by atoms with van der Waals surface area (Å²) in [6.45, 7) is 5.28. The number of carbonyl (C=O) groups is 2. The highest BCUT2D eigenvalue weighted by molar-refractivity contribution is 5.89. The van der Waals surface area contributed by atoms with Gasteiger partial charge in [-0.05, 0) is 31.4 Å². The Morgan fingerprint density at radius 2 is 1.78 bits per heavy atom. The van der Waals surface area contributed by atoms with Crippen molar-refractivity contribution in [2.24, 2.45) is 0 Å². The molecule has 1 amide bonds. The van der Waals surface area contributed by atoms with Crippen molar-refractivity contribution in [3.05, 3.63) is 35.4 Å². The summed E-state index contributed by atoms with van der Waals surface area (Å²) in [6.07, 6.45) is 0.950. The summed E-state index contributed by atoms with van der Waals surface area (Å²) in [4.78, 5) is 22.4. The lowest BCUT2D eigenvalue weighted by Gasteiger charge is -2.24. The third kappa shape index (κ3) is 3.32. The van der Waals surface area contributed by atoms with E-state index in [2.05, 4.69) is 12.2 Å². The third-order valence-corrected chi connectivity index (χ3v) is 3.05. The van der Waals surface area contributed by atoms with Gasteiger partial charge in [0.15, 0.2) is 0 Å². The minimum Gasteiger partial charge on any atom is -0.480 e. The van der Waals surface area contributed by atoms with Crippen LogP contribution in [-0.4, -0.2) is 23.5 Å². The van der Waals surface area contributed by atoms with E-state index in [9.17, 15) is 9.59 Å². The molecule has 0 aliphatic rings. The Balaban J connectivity index is 2.83. The zero-order valence-electron chi connectivity index (χ0n) is 11.0. The molecule has 0 radical (unpaired) electrons. The molecule has 0 bridgehead atoms. The predicted octanol–water partition coefficient (Wildman–Crippen LogP) is 1.73. The van der Waals surface area contributed by atoms with Crippen molar-refractivity contribution >= 4 is 11.9 Å². The third-order valence-electron chi connectivity index (χ3n) is 3.05. The standard InChI is InChI=1S/C14H19NO3/c1-4-10-5-7-11(8-6-10)14(2,3)13(18)15-9-12(16)17/h5-8H,4,9H2,1-3H3,(H,15,18)(H,16,17). The van der Waals surface area contributed by atoms with E-state index in [4.69, 9.17) is 5.11 Å². The number of rotatable bonds is 5. The zero-order valence-corrected chi connectivity index (χ0v) is 11.0. The summed E-state index contributed by atoms with van der Waals surface area (Å²) in [7, 11) is 0. The second-order valence-corrected chi connectivity index (χ2v) is 4.75. The molecule has 0 saturated heterocycles. The average Bonchev–Trinajstić information content (AvgIpc) is 2.35. The molecule has 1 aromatic carbocycles. The van der Waals surface area contributed by atoms with Gasteiger partial charge in [0.05, 0.1) is 5.41 Å². The monoisotopic (exact) mass is 249 g/mol. The van der Waals surface area contributed by atoms with E-state index < -0.39 is 11.4 Å². The Bertz CT molecular complexity index is 435. The second kappa shape index (κ2) is 5.67. The average molecular weight is 249 g/mol. The molecule has 0 spiro atoms. The highest BCUT2D eigenvalue weighted by Crippen LogP contribution is 2.23. The smallest absolute Gasteiger partial charge is 0.322 e. The molecule has 98 valence electrons. The fourth-order valence-corrected chi connectivity index (χ4v) is 1.67. The van der Waals surface area contributed by atoms with Crippen LogP contribution in [0.15, 0.2) is 24.3 Å². The Morgan fingerprint density at radius 3 is 2.22 bits per heavy atom.